The van der Waals surface area contributed by atoms with E-state index in [1.807, 2.05) is 0 Å². The van der Waals surface area contributed by atoms with E-state index in [4.69, 9.17) is 0 Å². The zero-order valence-electron chi connectivity index (χ0n) is 8.89. The number of halogens is 3. The zero-order chi connectivity index (χ0) is 12.2. The summed E-state index contributed by atoms with van der Waals surface area (Å²) in [5.74, 6) is -0.201. The van der Waals surface area contributed by atoms with Crippen LogP contribution in [0.5, 0.6) is 0 Å². The van der Waals surface area contributed by atoms with Crippen LogP contribution in [0.1, 0.15) is 25.7 Å². The first kappa shape index (κ1) is 13.8. The number of hydrogen-bond acceptors (Lipinski definition) is 3. The predicted octanol–water partition coefficient (Wildman–Crippen LogP) is 1.50. The second-order valence-electron chi connectivity index (χ2n) is 4.07. The van der Waals surface area contributed by atoms with E-state index in [1.54, 1.807) is 0 Å². The molecule has 0 saturated heterocycles. The van der Waals surface area contributed by atoms with Gasteiger partial charge in [-0.3, -0.25) is 0 Å². The molecule has 0 bridgehead atoms. The fourth-order valence-electron chi connectivity index (χ4n) is 1.86. The van der Waals surface area contributed by atoms with E-state index in [-0.39, 0.29) is 17.5 Å². The second kappa shape index (κ2) is 5.35. The zero-order valence-corrected chi connectivity index (χ0v) is 9.70. The number of rotatable bonds is 5. The molecule has 0 amide bonds. The summed E-state index contributed by atoms with van der Waals surface area (Å²) >= 11 is 0. The third-order valence-electron chi connectivity index (χ3n) is 2.70. The molecule has 0 unspecified atom stereocenters. The lowest BCUT2D eigenvalue weighted by Crippen LogP contribution is -2.34. The maximum absolute atomic E-state index is 11.8. The molecule has 0 aromatic carbocycles. The Bertz CT molecular complexity index is 307. The number of nitrogens with one attached hydrogen (secondary N) is 1. The molecule has 0 spiro atoms. The van der Waals surface area contributed by atoms with Gasteiger partial charge in [0.2, 0.25) is 0 Å². The smallest absolute Gasteiger partial charge is 0.308 e. The molecular weight excluding hydrogens is 243 g/mol. The Morgan fingerprint density at radius 1 is 1.19 bits per heavy atom. The maximum atomic E-state index is 11.8. The standard InChI is InChI=1S/C9H16F3NO2S/c10-9(11,12)7-13-5-6-16(14,15)8-3-1-2-4-8/h8,13H,1-7H2. The molecule has 0 atom stereocenters. The SMILES string of the molecule is O=S(=O)(CCNCC(F)(F)F)C1CCCC1. The third kappa shape index (κ3) is 4.69. The first-order valence-electron chi connectivity index (χ1n) is 5.30. The average molecular weight is 259 g/mol. The molecule has 16 heavy (non-hydrogen) atoms. The Balaban J connectivity index is 2.26. The van der Waals surface area contributed by atoms with Crippen molar-refractivity contribution in [3.05, 3.63) is 0 Å². The lowest BCUT2D eigenvalue weighted by atomic mass is 10.4. The quantitative estimate of drug-likeness (QED) is 0.761. The van der Waals surface area contributed by atoms with Crippen LogP contribution >= 0.6 is 0 Å². The lowest BCUT2D eigenvalue weighted by molar-refractivity contribution is -0.124. The van der Waals surface area contributed by atoms with Crippen LogP contribution in [0.25, 0.3) is 0 Å². The molecule has 3 nitrogen and oxygen atoms in total. The van der Waals surface area contributed by atoms with E-state index in [2.05, 4.69) is 5.32 Å². The van der Waals surface area contributed by atoms with E-state index in [9.17, 15) is 21.6 Å². The van der Waals surface area contributed by atoms with E-state index in [0.717, 1.165) is 12.8 Å². The monoisotopic (exact) mass is 259 g/mol. The molecule has 96 valence electrons. The van der Waals surface area contributed by atoms with Crippen molar-refractivity contribution in [3.63, 3.8) is 0 Å². The third-order valence-corrected chi connectivity index (χ3v) is 4.96. The summed E-state index contributed by atoms with van der Waals surface area (Å²) in [4.78, 5) is 0. The molecule has 1 rings (SSSR count). The molecule has 1 N–H and O–H groups in total. The summed E-state index contributed by atoms with van der Waals surface area (Å²) in [7, 11) is -3.21. The summed E-state index contributed by atoms with van der Waals surface area (Å²) < 4.78 is 58.6. The van der Waals surface area contributed by atoms with Gasteiger partial charge in [-0.15, -0.1) is 0 Å². The number of alkyl halides is 3. The van der Waals surface area contributed by atoms with Crippen molar-refractivity contribution in [1.82, 2.24) is 5.32 Å². The van der Waals surface area contributed by atoms with Gasteiger partial charge in [0.05, 0.1) is 17.5 Å². The molecule has 1 aliphatic carbocycles. The molecule has 0 aromatic rings. The van der Waals surface area contributed by atoms with E-state index >= 15 is 0 Å². The molecule has 7 heteroatoms. The first-order chi connectivity index (χ1) is 7.31. The van der Waals surface area contributed by atoms with Crippen LogP contribution < -0.4 is 5.32 Å². The van der Waals surface area contributed by atoms with Crippen molar-refractivity contribution in [2.45, 2.75) is 37.1 Å². The van der Waals surface area contributed by atoms with Crippen LogP contribution in [0.3, 0.4) is 0 Å². The van der Waals surface area contributed by atoms with Gasteiger partial charge in [-0.05, 0) is 12.8 Å². The summed E-state index contributed by atoms with van der Waals surface area (Å²) in [6, 6.07) is 0. The van der Waals surface area contributed by atoms with Crippen molar-refractivity contribution in [3.8, 4) is 0 Å². The fourth-order valence-corrected chi connectivity index (χ4v) is 3.67. The van der Waals surface area contributed by atoms with Gasteiger partial charge in [0.15, 0.2) is 9.84 Å². The van der Waals surface area contributed by atoms with Gasteiger partial charge in [-0.1, -0.05) is 12.8 Å². The Hall–Kier alpha value is -0.300. The summed E-state index contributed by atoms with van der Waals surface area (Å²) in [5, 5.41) is 1.77. The van der Waals surface area contributed by atoms with Crippen molar-refractivity contribution < 1.29 is 21.6 Å². The molecule has 1 saturated carbocycles. The molecule has 0 heterocycles. The predicted molar refractivity (Wildman–Crippen MR) is 55.0 cm³/mol. The highest BCUT2D eigenvalue weighted by atomic mass is 32.2. The Kier molecular flexibility index (Phi) is 4.61. The summed E-state index contributed by atoms with van der Waals surface area (Å²) in [6.45, 7) is -1.26. The highest BCUT2D eigenvalue weighted by Gasteiger charge is 2.29. The van der Waals surface area contributed by atoms with Crippen molar-refractivity contribution in [2.75, 3.05) is 18.8 Å². The molecular formula is C9H16F3NO2S. The van der Waals surface area contributed by atoms with Gasteiger partial charge in [-0.25, -0.2) is 8.42 Å². The second-order valence-corrected chi connectivity index (χ2v) is 6.47. The first-order valence-corrected chi connectivity index (χ1v) is 7.02. The van der Waals surface area contributed by atoms with Crippen LogP contribution in [0.2, 0.25) is 0 Å². The normalized spacial score (nSPS) is 19.2. The lowest BCUT2D eigenvalue weighted by Gasteiger charge is -2.12. The maximum Gasteiger partial charge on any atom is 0.401 e. The van der Waals surface area contributed by atoms with E-state index < -0.39 is 22.6 Å². The highest BCUT2D eigenvalue weighted by molar-refractivity contribution is 7.92. The molecule has 1 fully saturated rings. The minimum absolute atomic E-state index is 0.127. The number of hydrogen-bond donors (Lipinski definition) is 1. The fraction of sp³-hybridized carbons (Fsp3) is 1.00. The van der Waals surface area contributed by atoms with Crippen LogP contribution in [0.4, 0.5) is 13.2 Å². The minimum atomic E-state index is -4.28. The van der Waals surface area contributed by atoms with Gasteiger partial charge in [-0.2, -0.15) is 13.2 Å². The molecule has 0 aromatic heterocycles. The molecule has 0 aliphatic heterocycles. The highest BCUT2D eigenvalue weighted by Crippen LogP contribution is 2.24. The Morgan fingerprint density at radius 2 is 1.75 bits per heavy atom. The van der Waals surface area contributed by atoms with Crippen molar-refractivity contribution in [1.29, 1.82) is 0 Å². The van der Waals surface area contributed by atoms with Crippen LogP contribution in [0.15, 0.2) is 0 Å². The van der Waals surface area contributed by atoms with Crippen molar-refractivity contribution >= 4 is 9.84 Å². The number of sulfone groups is 1. The van der Waals surface area contributed by atoms with Crippen LogP contribution in [-0.2, 0) is 9.84 Å². The van der Waals surface area contributed by atoms with Crippen molar-refractivity contribution in [2.24, 2.45) is 0 Å². The van der Waals surface area contributed by atoms with Gasteiger partial charge in [0.25, 0.3) is 0 Å². The summed E-state index contributed by atoms with van der Waals surface area (Å²) in [5.41, 5.74) is 0. The van der Waals surface area contributed by atoms with Gasteiger partial charge in [0.1, 0.15) is 0 Å². The van der Waals surface area contributed by atoms with E-state index in [1.165, 1.54) is 0 Å². The largest absolute Gasteiger partial charge is 0.401 e. The molecule has 1 aliphatic rings. The Labute approximate surface area is 93.3 Å². The van der Waals surface area contributed by atoms with Gasteiger partial charge < -0.3 is 5.32 Å². The van der Waals surface area contributed by atoms with Crippen LogP contribution in [0, 0.1) is 0 Å². The van der Waals surface area contributed by atoms with Crippen LogP contribution in [-0.4, -0.2) is 38.7 Å². The Morgan fingerprint density at radius 3 is 2.25 bits per heavy atom. The van der Waals surface area contributed by atoms with Gasteiger partial charge in [0, 0.05) is 6.54 Å². The topological polar surface area (TPSA) is 46.2 Å². The van der Waals surface area contributed by atoms with E-state index in [0.29, 0.717) is 12.8 Å². The van der Waals surface area contributed by atoms with Gasteiger partial charge >= 0.3 is 6.18 Å². The summed E-state index contributed by atoms with van der Waals surface area (Å²) in [6.07, 6.45) is -1.17. The average Bonchev–Trinajstić information content (AvgIpc) is 2.64. The molecule has 0 radical (unpaired) electrons. The minimum Gasteiger partial charge on any atom is -0.308 e.